The Morgan fingerprint density at radius 2 is 0.909 bits per heavy atom. The predicted molar refractivity (Wildman–Crippen MR) is 142 cm³/mol. The molecule has 176 valence electrons. The molecule has 2 aromatic rings. The number of thioether (sulfide) groups is 2. The minimum atomic E-state index is 0. The van der Waals surface area contributed by atoms with Gasteiger partial charge in [0, 0.05) is 69.5 Å². The van der Waals surface area contributed by atoms with Gasteiger partial charge < -0.3 is 0 Å². The van der Waals surface area contributed by atoms with Crippen LogP contribution in [-0.4, -0.2) is 11.5 Å². The van der Waals surface area contributed by atoms with Crippen LogP contribution in [0, 0.1) is 61.5 Å². The second kappa shape index (κ2) is 20.0. The topological polar surface area (TPSA) is 0 Å². The second-order valence-corrected chi connectivity index (χ2v) is 10.8. The molecule has 0 aromatic heterocycles. The van der Waals surface area contributed by atoms with Crippen LogP contribution in [-0.2, 0) is 53.5 Å². The quantitative estimate of drug-likeness (QED) is 0.148. The summed E-state index contributed by atoms with van der Waals surface area (Å²) < 4.78 is 0. The molecule has 0 aliphatic rings. The first kappa shape index (κ1) is 38.4. The van der Waals surface area contributed by atoms with E-state index in [1.165, 1.54) is 91.5 Å². The van der Waals surface area contributed by atoms with Crippen molar-refractivity contribution in [1.82, 2.24) is 0 Å². The van der Waals surface area contributed by atoms with Crippen LogP contribution in [0.25, 0.3) is 0 Å². The Bertz CT molecular complexity index is 785. The molecule has 0 atom stereocenters. The first-order chi connectivity index (χ1) is 14.1. The zero-order valence-electron chi connectivity index (χ0n) is 23.1. The number of hydrogen-bond acceptors (Lipinski definition) is 2. The molecular weight excluding hydrogens is 784 g/mol. The predicted octanol–water partition coefficient (Wildman–Crippen LogP) is 9.62. The molecule has 0 bridgehead atoms. The van der Waals surface area contributed by atoms with E-state index < -0.39 is 0 Å². The summed E-state index contributed by atoms with van der Waals surface area (Å²) >= 11 is 4.04. The number of hydrogen-bond donors (Lipinski definition) is 0. The third-order valence-corrected chi connectivity index (χ3v) is 8.84. The van der Waals surface area contributed by atoms with Crippen molar-refractivity contribution in [3.63, 3.8) is 0 Å². The van der Waals surface area contributed by atoms with Gasteiger partial charge in [-0.05, 0) is 119 Å². The SMILES string of the molecule is CCCCSc1c(C)c(C)c(C)c(C)c1C.CCCCSc1c(C)cc(C)cc1C.[He].[Hf].[Hg]. The van der Waals surface area contributed by atoms with Gasteiger partial charge in [0.05, 0.1) is 0 Å². The van der Waals surface area contributed by atoms with Crippen molar-refractivity contribution >= 4 is 23.5 Å². The molecule has 33 heavy (non-hydrogen) atoms. The smallest absolute Gasteiger partial charge is 0.0136 e. The van der Waals surface area contributed by atoms with Gasteiger partial charge >= 0.3 is 0 Å². The van der Waals surface area contributed by atoms with Crippen molar-refractivity contribution in [1.29, 1.82) is 0 Å². The van der Waals surface area contributed by atoms with Crippen molar-refractivity contribution in [2.75, 3.05) is 11.5 Å². The number of rotatable bonds is 8. The molecule has 5 heteroatoms. The summed E-state index contributed by atoms with van der Waals surface area (Å²) in [5.41, 5.74) is 11.6. The first-order valence-corrected chi connectivity index (χ1v) is 13.5. The fourth-order valence-corrected chi connectivity index (χ4v) is 6.30. The van der Waals surface area contributed by atoms with Crippen LogP contribution in [0.4, 0.5) is 0 Å². The summed E-state index contributed by atoms with van der Waals surface area (Å²) in [5, 5.41) is 0. The molecule has 0 saturated carbocycles. The van der Waals surface area contributed by atoms with Gasteiger partial charge in [-0.2, -0.15) is 0 Å². The van der Waals surface area contributed by atoms with Gasteiger partial charge in [0.25, 0.3) is 0 Å². The van der Waals surface area contributed by atoms with Crippen molar-refractivity contribution in [3.05, 3.63) is 56.6 Å². The summed E-state index contributed by atoms with van der Waals surface area (Å²) in [6, 6.07) is 4.56. The Morgan fingerprint density at radius 1 is 0.576 bits per heavy atom. The van der Waals surface area contributed by atoms with Crippen molar-refractivity contribution in [2.24, 2.45) is 0 Å². The molecule has 0 aliphatic heterocycles. The average molecular weight is 828 g/mol. The molecule has 2 rings (SSSR count). The van der Waals surface area contributed by atoms with E-state index in [-0.39, 0.29) is 59.7 Å². The van der Waals surface area contributed by atoms with E-state index in [2.05, 4.69) is 81.4 Å². The van der Waals surface area contributed by atoms with Crippen LogP contribution in [0.15, 0.2) is 21.9 Å². The summed E-state index contributed by atoms with van der Waals surface area (Å²) in [4.78, 5) is 3.01. The van der Waals surface area contributed by atoms with Crippen molar-refractivity contribution in [3.8, 4) is 0 Å². The van der Waals surface area contributed by atoms with E-state index >= 15 is 0 Å². The van der Waals surface area contributed by atoms with Gasteiger partial charge in [0.1, 0.15) is 0 Å². The molecule has 0 saturated heterocycles. The van der Waals surface area contributed by atoms with E-state index in [9.17, 15) is 0 Å². The maximum absolute atomic E-state index is 2.28. The summed E-state index contributed by atoms with van der Waals surface area (Å²) in [6.45, 7) is 22.4. The van der Waals surface area contributed by atoms with Crippen LogP contribution in [0.3, 0.4) is 0 Å². The van der Waals surface area contributed by atoms with E-state index in [1.54, 1.807) is 0 Å². The minimum Gasteiger partial charge on any atom is -0.126 e. The average Bonchev–Trinajstić information content (AvgIpc) is 2.70. The molecule has 2 aromatic carbocycles. The summed E-state index contributed by atoms with van der Waals surface area (Å²) in [7, 11) is 0. The van der Waals surface area contributed by atoms with Crippen molar-refractivity contribution in [2.45, 2.75) is 105 Å². The maximum Gasteiger partial charge on any atom is 0.0136 e. The largest absolute Gasteiger partial charge is 0.126 e. The molecule has 0 fully saturated rings. The Kier molecular flexibility index (Phi) is 23.2. The first-order valence-electron chi connectivity index (χ1n) is 11.6. The van der Waals surface area contributed by atoms with Gasteiger partial charge in [0.15, 0.2) is 0 Å². The monoisotopic (exact) mass is 830 g/mol. The Morgan fingerprint density at radius 3 is 1.27 bits per heavy atom. The molecular formula is C28H44HeHfHgS2. The van der Waals surface area contributed by atoms with Gasteiger partial charge in [-0.1, -0.05) is 44.4 Å². The maximum atomic E-state index is 2.28. The zero-order valence-corrected chi connectivity index (χ0v) is 33.9. The Labute approximate surface area is 253 Å². The Hall–Kier alpha value is 0.854. The molecule has 0 N–H and O–H groups in total. The van der Waals surface area contributed by atoms with Crippen LogP contribution in [0.2, 0.25) is 0 Å². The van der Waals surface area contributed by atoms with Gasteiger partial charge in [-0.15, -0.1) is 23.5 Å². The third-order valence-electron chi connectivity index (χ3n) is 6.02. The van der Waals surface area contributed by atoms with Crippen LogP contribution >= 0.6 is 23.5 Å². The number of aryl methyl sites for hydroxylation is 3. The molecule has 0 aliphatic carbocycles. The molecule has 0 nitrogen and oxygen atoms in total. The van der Waals surface area contributed by atoms with E-state index in [1.807, 2.05) is 23.5 Å². The van der Waals surface area contributed by atoms with Crippen LogP contribution < -0.4 is 0 Å². The Balaban J connectivity index is -0.000000503. The van der Waals surface area contributed by atoms with E-state index in [0.717, 1.165) is 0 Å². The number of benzene rings is 2. The molecule has 0 radical (unpaired) electrons. The van der Waals surface area contributed by atoms with E-state index in [4.69, 9.17) is 0 Å². The van der Waals surface area contributed by atoms with E-state index in [0.29, 0.717) is 0 Å². The third kappa shape index (κ3) is 12.1. The molecule has 0 unspecified atom stereocenters. The fourth-order valence-electron chi connectivity index (χ4n) is 3.71. The van der Waals surface area contributed by atoms with Gasteiger partial charge in [0.2, 0.25) is 0 Å². The van der Waals surface area contributed by atoms with Gasteiger partial charge in [-0.25, -0.2) is 0 Å². The minimum absolute atomic E-state index is 0. The standard InChI is InChI=1S/C15H24S.C13H20S.He.Hf.Hg/c1-7-8-9-16-15-13(5)11(3)10(2)12(4)14(15)6;1-5-6-7-14-13-11(3)8-10(2)9-12(13)4;;;/h7-9H2,1-6H3;8-9H,5-7H2,1-4H3;;;. The zero-order chi connectivity index (χ0) is 22.8. The van der Waals surface area contributed by atoms with Gasteiger partial charge in [-0.3, -0.25) is 0 Å². The summed E-state index contributed by atoms with van der Waals surface area (Å²) in [5.74, 6) is 2.50. The number of unbranched alkanes of at least 4 members (excludes halogenated alkanes) is 2. The van der Waals surface area contributed by atoms with Crippen molar-refractivity contribution < 1.29 is 59.7 Å². The summed E-state index contributed by atoms with van der Waals surface area (Å²) in [6.07, 6.45) is 5.21. The fraction of sp³-hybridized carbons (Fsp3) is 0.571. The molecule has 0 spiro atoms. The second-order valence-electron chi connectivity index (χ2n) is 8.59. The molecule has 0 amide bonds. The normalized spacial score (nSPS) is 9.76. The molecule has 0 heterocycles. The van der Waals surface area contributed by atoms with Crippen LogP contribution in [0.1, 0.15) is 84.0 Å². The van der Waals surface area contributed by atoms with Crippen LogP contribution in [0.5, 0.6) is 0 Å².